The molecule has 31 heavy (non-hydrogen) atoms. The molecule has 0 spiro atoms. The largest absolute Gasteiger partial charge is 0.380 e. The Kier molecular flexibility index (Phi) is 8.43. The molecule has 2 aromatic rings. The fourth-order valence-electron chi connectivity index (χ4n) is 3.78. The van der Waals surface area contributed by atoms with Crippen molar-refractivity contribution in [3.8, 4) is 0 Å². The fourth-order valence-corrected chi connectivity index (χ4v) is 3.90. The van der Waals surface area contributed by atoms with E-state index < -0.39 is 12.0 Å². The summed E-state index contributed by atoms with van der Waals surface area (Å²) in [4.78, 5) is 26.3. The summed E-state index contributed by atoms with van der Waals surface area (Å²) >= 11 is 6.00. The van der Waals surface area contributed by atoms with Gasteiger partial charge < -0.3 is 14.4 Å². The minimum Gasteiger partial charge on any atom is -0.380 e. The number of carbonyl (C=O) groups is 2. The normalized spacial score (nSPS) is 15.9. The van der Waals surface area contributed by atoms with Crippen molar-refractivity contribution in [2.75, 3.05) is 33.4 Å². The van der Waals surface area contributed by atoms with E-state index in [1.807, 2.05) is 36.4 Å². The van der Waals surface area contributed by atoms with Crippen molar-refractivity contribution in [3.05, 3.63) is 70.2 Å². The minimum atomic E-state index is -0.521. The van der Waals surface area contributed by atoms with E-state index in [0.29, 0.717) is 43.3 Å². The molecule has 1 unspecified atom stereocenters. The first-order valence-corrected chi connectivity index (χ1v) is 10.6. The van der Waals surface area contributed by atoms with Gasteiger partial charge in [-0.1, -0.05) is 35.9 Å². The molecule has 2 N–H and O–H groups in total. The molecule has 2 amide bonds. The van der Waals surface area contributed by atoms with Crippen molar-refractivity contribution in [2.24, 2.45) is 0 Å². The van der Waals surface area contributed by atoms with Gasteiger partial charge in [-0.05, 0) is 41.8 Å². The molecule has 2 atom stereocenters. The van der Waals surface area contributed by atoms with E-state index in [-0.39, 0.29) is 18.2 Å². The molecule has 0 radical (unpaired) electrons. The van der Waals surface area contributed by atoms with Crippen LogP contribution in [0.1, 0.15) is 33.8 Å². The van der Waals surface area contributed by atoms with Crippen LogP contribution in [0.2, 0.25) is 5.02 Å². The highest BCUT2D eigenvalue weighted by Crippen LogP contribution is 2.29. The van der Waals surface area contributed by atoms with Crippen LogP contribution in [0.25, 0.3) is 0 Å². The topological polar surface area (TPSA) is 88.1 Å². The van der Waals surface area contributed by atoms with Crippen LogP contribution >= 0.6 is 11.6 Å². The maximum absolute atomic E-state index is 12.7. The Hall–Kier alpha value is -2.45. The Bertz CT molecular complexity index is 867. The number of ether oxygens (including phenoxy) is 2. The molecule has 0 aliphatic carbocycles. The second kappa shape index (κ2) is 11.2. The second-order valence-corrected chi connectivity index (χ2v) is 7.91. The Morgan fingerprint density at radius 2 is 1.77 bits per heavy atom. The Morgan fingerprint density at radius 3 is 2.35 bits per heavy atom. The highest BCUT2D eigenvalue weighted by atomic mass is 35.5. The molecule has 2 aromatic carbocycles. The van der Waals surface area contributed by atoms with Crippen LogP contribution < -0.4 is 5.48 Å². The third-order valence-electron chi connectivity index (χ3n) is 5.52. The monoisotopic (exact) mass is 446 g/mol. The average Bonchev–Trinajstić information content (AvgIpc) is 2.82. The number of morpholine rings is 1. The molecule has 0 saturated carbocycles. The number of nitrogens with one attached hydrogen (secondary N) is 1. The van der Waals surface area contributed by atoms with Gasteiger partial charge in [-0.2, -0.15) is 0 Å². The van der Waals surface area contributed by atoms with E-state index in [0.717, 1.165) is 11.1 Å². The third-order valence-corrected chi connectivity index (χ3v) is 5.77. The average molecular weight is 447 g/mol. The molecule has 1 aliphatic heterocycles. The number of amides is 2. The molecule has 1 aliphatic rings. The number of hydrogen-bond acceptors (Lipinski definition) is 5. The summed E-state index contributed by atoms with van der Waals surface area (Å²) in [6, 6.07) is 14.9. The Labute approximate surface area is 186 Å². The van der Waals surface area contributed by atoms with Crippen LogP contribution in [0.5, 0.6) is 0 Å². The van der Waals surface area contributed by atoms with Crippen molar-refractivity contribution >= 4 is 23.4 Å². The highest BCUT2D eigenvalue weighted by molar-refractivity contribution is 6.30. The lowest BCUT2D eigenvalue weighted by molar-refractivity contribution is -0.132. The summed E-state index contributed by atoms with van der Waals surface area (Å²) in [6.07, 6.45) is 0.133. The summed E-state index contributed by atoms with van der Waals surface area (Å²) in [7, 11) is 1.54. The van der Waals surface area contributed by atoms with Gasteiger partial charge in [0.15, 0.2) is 0 Å². The molecule has 8 heteroatoms. The molecule has 1 heterocycles. The van der Waals surface area contributed by atoms with Crippen molar-refractivity contribution < 1.29 is 24.3 Å². The SMILES string of the molecule is COC(CC(=O)NO)[C@H](Cc1ccc(Cl)cc1)c1ccc(C(=O)N2CCOCC2)cc1. The molecule has 0 bridgehead atoms. The summed E-state index contributed by atoms with van der Waals surface area (Å²) < 4.78 is 10.9. The maximum Gasteiger partial charge on any atom is 0.254 e. The smallest absolute Gasteiger partial charge is 0.254 e. The molecule has 0 aromatic heterocycles. The number of rotatable bonds is 8. The first-order valence-electron chi connectivity index (χ1n) is 10.2. The Morgan fingerprint density at radius 1 is 1.13 bits per heavy atom. The first-order chi connectivity index (χ1) is 15.0. The fraction of sp³-hybridized carbons (Fsp3) is 0.391. The number of benzene rings is 2. The number of nitrogens with zero attached hydrogens (tertiary/aromatic N) is 1. The van der Waals surface area contributed by atoms with Gasteiger partial charge in [-0.3, -0.25) is 14.8 Å². The van der Waals surface area contributed by atoms with Crippen molar-refractivity contribution in [2.45, 2.75) is 24.9 Å². The van der Waals surface area contributed by atoms with E-state index in [1.54, 1.807) is 29.6 Å². The Balaban J connectivity index is 1.83. The summed E-state index contributed by atoms with van der Waals surface area (Å²) in [5.41, 5.74) is 4.25. The van der Waals surface area contributed by atoms with Crippen LogP contribution in [-0.2, 0) is 20.7 Å². The standard InChI is InChI=1S/C23H27ClN2O5/c1-30-21(15-22(27)25-29)20(14-16-2-8-19(24)9-3-16)17-4-6-18(7-5-17)23(28)26-10-12-31-13-11-26/h2-9,20-21,29H,10-15H2,1H3,(H,25,27)/t20-,21?/m1/s1. The summed E-state index contributed by atoms with van der Waals surface area (Å²) in [5, 5.41) is 9.60. The third kappa shape index (κ3) is 6.27. The maximum atomic E-state index is 12.7. The predicted molar refractivity (Wildman–Crippen MR) is 116 cm³/mol. The van der Waals surface area contributed by atoms with E-state index >= 15 is 0 Å². The number of hydroxylamine groups is 1. The van der Waals surface area contributed by atoms with Gasteiger partial charge in [0.1, 0.15) is 0 Å². The minimum absolute atomic E-state index is 0.000282. The van der Waals surface area contributed by atoms with Crippen LogP contribution in [0.3, 0.4) is 0 Å². The summed E-state index contributed by atoms with van der Waals surface area (Å²) in [5.74, 6) is -0.713. The van der Waals surface area contributed by atoms with E-state index in [1.165, 1.54) is 0 Å². The van der Waals surface area contributed by atoms with E-state index in [9.17, 15) is 9.59 Å². The molecular weight excluding hydrogens is 420 g/mol. The molecular formula is C23H27ClN2O5. The van der Waals surface area contributed by atoms with Crippen LogP contribution in [0, 0.1) is 0 Å². The lowest BCUT2D eigenvalue weighted by Crippen LogP contribution is -2.40. The molecule has 1 saturated heterocycles. The van der Waals surface area contributed by atoms with Gasteiger partial charge >= 0.3 is 0 Å². The second-order valence-electron chi connectivity index (χ2n) is 7.48. The zero-order valence-electron chi connectivity index (χ0n) is 17.4. The van der Waals surface area contributed by atoms with Crippen LogP contribution in [0.15, 0.2) is 48.5 Å². The predicted octanol–water partition coefficient (Wildman–Crippen LogP) is 3.05. The van der Waals surface area contributed by atoms with Crippen molar-refractivity contribution in [1.82, 2.24) is 10.4 Å². The van der Waals surface area contributed by atoms with Gasteiger partial charge in [0.25, 0.3) is 5.91 Å². The quantitative estimate of drug-likeness (QED) is 0.480. The first kappa shape index (κ1) is 23.2. The lowest BCUT2D eigenvalue weighted by Gasteiger charge is -2.28. The number of hydrogen-bond donors (Lipinski definition) is 2. The van der Waals surface area contributed by atoms with Gasteiger partial charge in [-0.15, -0.1) is 0 Å². The molecule has 7 nitrogen and oxygen atoms in total. The van der Waals surface area contributed by atoms with Gasteiger partial charge in [0.2, 0.25) is 5.91 Å². The van der Waals surface area contributed by atoms with Crippen molar-refractivity contribution in [1.29, 1.82) is 0 Å². The summed E-state index contributed by atoms with van der Waals surface area (Å²) in [6.45, 7) is 2.27. The highest BCUT2D eigenvalue weighted by Gasteiger charge is 2.27. The number of carbonyl (C=O) groups excluding carboxylic acids is 2. The number of halogens is 1. The zero-order chi connectivity index (χ0) is 22.2. The van der Waals surface area contributed by atoms with Gasteiger partial charge in [0, 0.05) is 36.7 Å². The van der Waals surface area contributed by atoms with E-state index in [2.05, 4.69) is 0 Å². The molecule has 166 valence electrons. The zero-order valence-corrected chi connectivity index (χ0v) is 18.2. The van der Waals surface area contributed by atoms with Gasteiger partial charge in [-0.25, -0.2) is 5.48 Å². The molecule has 3 rings (SSSR count). The van der Waals surface area contributed by atoms with Crippen LogP contribution in [0.4, 0.5) is 0 Å². The lowest BCUT2D eigenvalue weighted by atomic mass is 9.85. The number of methoxy groups -OCH3 is 1. The molecule has 1 fully saturated rings. The van der Waals surface area contributed by atoms with Crippen LogP contribution in [-0.4, -0.2) is 61.4 Å². The van der Waals surface area contributed by atoms with Gasteiger partial charge in [0.05, 0.1) is 25.7 Å². The van der Waals surface area contributed by atoms with Crippen molar-refractivity contribution in [3.63, 3.8) is 0 Å². The van der Waals surface area contributed by atoms with E-state index in [4.69, 9.17) is 26.3 Å².